The fourth-order valence-corrected chi connectivity index (χ4v) is 2.54. The molecule has 0 aliphatic rings. The van der Waals surface area contributed by atoms with E-state index in [1.54, 1.807) is 7.11 Å². The van der Waals surface area contributed by atoms with Gasteiger partial charge in [-0.1, -0.05) is 28.1 Å². The molecule has 0 spiro atoms. The molecule has 122 valence electrons. The summed E-state index contributed by atoms with van der Waals surface area (Å²) in [5, 5.41) is 6.14. The Labute approximate surface area is 145 Å². The highest BCUT2D eigenvalue weighted by molar-refractivity contribution is 9.10. The van der Waals surface area contributed by atoms with Crippen LogP contribution < -0.4 is 15.4 Å². The van der Waals surface area contributed by atoms with E-state index in [1.165, 1.54) is 0 Å². The lowest BCUT2D eigenvalue weighted by Gasteiger charge is -2.12. The van der Waals surface area contributed by atoms with E-state index in [4.69, 9.17) is 4.74 Å². The number of carbonyl (C=O) groups is 1. The van der Waals surface area contributed by atoms with Crippen LogP contribution >= 0.6 is 15.9 Å². The zero-order valence-electron chi connectivity index (χ0n) is 13.6. The third-order valence-electron chi connectivity index (χ3n) is 3.48. The first kappa shape index (κ1) is 17.3. The molecule has 2 aromatic rings. The van der Waals surface area contributed by atoms with Gasteiger partial charge in [0, 0.05) is 23.1 Å². The van der Waals surface area contributed by atoms with E-state index in [0.29, 0.717) is 13.0 Å². The van der Waals surface area contributed by atoms with Gasteiger partial charge in [-0.2, -0.15) is 0 Å². The number of halogens is 1. The van der Waals surface area contributed by atoms with E-state index in [2.05, 4.69) is 26.6 Å². The lowest BCUT2D eigenvalue weighted by molar-refractivity contribution is -0.115. The van der Waals surface area contributed by atoms with Crippen molar-refractivity contribution in [1.82, 2.24) is 0 Å². The molecule has 2 aromatic carbocycles. The van der Waals surface area contributed by atoms with Crippen LogP contribution in [0.1, 0.15) is 17.5 Å². The van der Waals surface area contributed by atoms with E-state index >= 15 is 0 Å². The van der Waals surface area contributed by atoms with E-state index < -0.39 is 0 Å². The maximum Gasteiger partial charge on any atom is 0.226 e. The van der Waals surface area contributed by atoms with Crippen molar-refractivity contribution >= 4 is 33.2 Å². The van der Waals surface area contributed by atoms with Crippen molar-refractivity contribution in [3.63, 3.8) is 0 Å². The van der Waals surface area contributed by atoms with Crippen molar-refractivity contribution in [2.45, 2.75) is 20.3 Å². The predicted octanol–water partition coefficient (Wildman–Crippen LogP) is 4.52. The predicted molar refractivity (Wildman–Crippen MR) is 98.3 cm³/mol. The Bertz CT molecular complexity index is 701. The Morgan fingerprint density at radius 3 is 2.65 bits per heavy atom. The minimum atomic E-state index is -0.0279. The number of ether oxygens (including phenoxy) is 1. The van der Waals surface area contributed by atoms with Crippen LogP contribution in [0.3, 0.4) is 0 Å². The summed E-state index contributed by atoms with van der Waals surface area (Å²) in [7, 11) is 1.64. The number of methoxy groups -OCH3 is 1. The zero-order valence-corrected chi connectivity index (χ0v) is 15.2. The van der Waals surface area contributed by atoms with E-state index in [9.17, 15) is 4.79 Å². The van der Waals surface area contributed by atoms with Crippen molar-refractivity contribution in [3.05, 3.63) is 52.0 Å². The molecule has 4 nitrogen and oxygen atoms in total. The summed E-state index contributed by atoms with van der Waals surface area (Å²) in [4.78, 5) is 12.0. The van der Waals surface area contributed by atoms with Gasteiger partial charge >= 0.3 is 0 Å². The summed E-state index contributed by atoms with van der Waals surface area (Å²) < 4.78 is 6.29. The zero-order chi connectivity index (χ0) is 16.8. The SMILES string of the molecule is COc1ccc(C)cc1NCCC(=O)Nc1ccc(C)c(Br)c1. The summed E-state index contributed by atoms with van der Waals surface area (Å²) in [5.74, 6) is 0.748. The molecule has 0 saturated heterocycles. The van der Waals surface area contributed by atoms with Gasteiger partial charge in [0.2, 0.25) is 5.91 Å². The quantitative estimate of drug-likeness (QED) is 0.779. The van der Waals surface area contributed by atoms with Gasteiger partial charge in [0.15, 0.2) is 0 Å². The van der Waals surface area contributed by atoms with Crippen LogP contribution in [-0.4, -0.2) is 19.6 Å². The van der Waals surface area contributed by atoms with Crippen molar-refractivity contribution in [1.29, 1.82) is 0 Å². The van der Waals surface area contributed by atoms with Gasteiger partial charge in [0.25, 0.3) is 0 Å². The number of carbonyl (C=O) groups excluding carboxylic acids is 1. The smallest absolute Gasteiger partial charge is 0.226 e. The first-order chi connectivity index (χ1) is 11.0. The molecule has 0 atom stereocenters. The average molecular weight is 377 g/mol. The van der Waals surface area contributed by atoms with Gasteiger partial charge in [-0.15, -0.1) is 0 Å². The maximum absolute atomic E-state index is 12.0. The largest absolute Gasteiger partial charge is 0.495 e. The molecular weight excluding hydrogens is 356 g/mol. The van der Waals surface area contributed by atoms with Crippen molar-refractivity contribution in [2.75, 3.05) is 24.3 Å². The Hall–Kier alpha value is -2.01. The lowest BCUT2D eigenvalue weighted by atomic mass is 10.2. The van der Waals surface area contributed by atoms with Crippen LogP contribution in [0.2, 0.25) is 0 Å². The molecule has 1 amide bonds. The van der Waals surface area contributed by atoms with E-state index in [0.717, 1.165) is 32.7 Å². The second-order valence-electron chi connectivity index (χ2n) is 5.39. The van der Waals surface area contributed by atoms with Gasteiger partial charge in [-0.05, 0) is 49.2 Å². The van der Waals surface area contributed by atoms with Gasteiger partial charge in [-0.3, -0.25) is 4.79 Å². The van der Waals surface area contributed by atoms with Crippen LogP contribution in [0, 0.1) is 13.8 Å². The van der Waals surface area contributed by atoms with Crippen LogP contribution in [0.5, 0.6) is 5.75 Å². The van der Waals surface area contributed by atoms with Crippen LogP contribution in [0.15, 0.2) is 40.9 Å². The summed E-state index contributed by atoms with van der Waals surface area (Å²) >= 11 is 3.46. The first-order valence-corrected chi connectivity index (χ1v) is 8.23. The molecule has 2 rings (SSSR count). The van der Waals surface area contributed by atoms with Crippen molar-refractivity contribution < 1.29 is 9.53 Å². The van der Waals surface area contributed by atoms with Crippen LogP contribution in [0.4, 0.5) is 11.4 Å². The summed E-state index contributed by atoms with van der Waals surface area (Å²) in [6, 6.07) is 11.7. The minimum absolute atomic E-state index is 0.0279. The molecule has 0 bridgehead atoms. The Morgan fingerprint density at radius 1 is 1.17 bits per heavy atom. The number of nitrogens with one attached hydrogen (secondary N) is 2. The topological polar surface area (TPSA) is 50.4 Å². The molecule has 0 radical (unpaired) electrons. The van der Waals surface area contributed by atoms with Crippen molar-refractivity contribution in [3.8, 4) is 5.75 Å². The maximum atomic E-state index is 12.0. The number of rotatable bonds is 6. The number of amides is 1. The molecule has 0 fully saturated rings. The first-order valence-electron chi connectivity index (χ1n) is 7.44. The number of hydrogen-bond donors (Lipinski definition) is 2. The Kier molecular flexibility index (Phi) is 6.04. The molecule has 2 N–H and O–H groups in total. The lowest BCUT2D eigenvalue weighted by Crippen LogP contribution is -2.16. The van der Waals surface area contributed by atoms with Crippen molar-refractivity contribution in [2.24, 2.45) is 0 Å². The second-order valence-corrected chi connectivity index (χ2v) is 6.25. The number of benzene rings is 2. The van der Waals surface area contributed by atoms with Gasteiger partial charge in [0.05, 0.1) is 12.8 Å². The van der Waals surface area contributed by atoms with Gasteiger partial charge < -0.3 is 15.4 Å². The van der Waals surface area contributed by atoms with E-state index in [-0.39, 0.29) is 5.91 Å². The Balaban J connectivity index is 1.87. The number of aryl methyl sites for hydroxylation is 2. The Morgan fingerprint density at radius 2 is 1.96 bits per heavy atom. The third kappa shape index (κ3) is 4.99. The van der Waals surface area contributed by atoms with E-state index in [1.807, 2.05) is 50.2 Å². The number of anilines is 2. The summed E-state index contributed by atoms with van der Waals surface area (Å²) in [6.45, 7) is 4.57. The standard InChI is InChI=1S/C18H21BrN2O2/c1-12-4-7-17(23-3)16(10-12)20-9-8-18(22)21-14-6-5-13(2)15(19)11-14/h4-7,10-11,20H,8-9H2,1-3H3,(H,21,22). The molecule has 0 aliphatic carbocycles. The number of hydrogen-bond acceptors (Lipinski definition) is 3. The normalized spacial score (nSPS) is 10.3. The molecule has 0 heterocycles. The molecule has 0 saturated carbocycles. The van der Waals surface area contributed by atoms with Gasteiger partial charge in [-0.25, -0.2) is 0 Å². The monoisotopic (exact) mass is 376 g/mol. The highest BCUT2D eigenvalue weighted by atomic mass is 79.9. The highest BCUT2D eigenvalue weighted by Gasteiger charge is 2.06. The molecule has 23 heavy (non-hydrogen) atoms. The fourth-order valence-electron chi connectivity index (χ4n) is 2.16. The van der Waals surface area contributed by atoms with Crippen LogP contribution in [-0.2, 0) is 4.79 Å². The second kappa shape index (κ2) is 8.02. The fraction of sp³-hybridized carbons (Fsp3) is 0.278. The van der Waals surface area contributed by atoms with Crippen LogP contribution in [0.25, 0.3) is 0 Å². The van der Waals surface area contributed by atoms with Gasteiger partial charge in [0.1, 0.15) is 5.75 Å². The highest BCUT2D eigenvalue weighted by Crippen LogP contribution is 2.25. The molecule has 0 unspecified atom stereocenters. The molecule has 0 aromatic heterocycles. The molecule has 5 heteroatoms. The summed E-state index contributed by atoms with van der Waals surface area (Å²) in [5.41, 5.74) is 3.97. The molecule has 0 aliphatic heterocycles. The minimum Gasteiger partial charge on any atom is -0.495 e. The summed E-state index contributed by atoms with van der Waals surface area (Å²) in [6.07, 6.45) is 0.378. The third-order valence-corrected chi connectivity index (χ3v) is 4.33. The average Bonchev–Trinajstić information content (AvgIpc) is 2.51. The molecular formula is C18H21BrN2O2.